The lowest BCUT2D eigenvalue weighted by Gasteiger charge is -2.11. The van der Waals surface area contributed by atoms with Crippen molar-refractivity contribution >= 4 is 17.7 Å². The van der Waals surface area contributed by atoms with Crippen LogP contribution in [-0.4, -0.2) is 49.2 Å². The van der Waals surface area contributed by atoms with Crippen LogP contribution < -0.4 is 15.4 Å². The van der Waals surface area contributed by atoms with Crippen LogP contribution in [0.15, 0.2) is 29.5 Å². The standard InChI is InChI=1S/C13H22N4OS/c1-3-15-13(17-8-10-19-2)16-7-9-18-12-5-4-6-14-11-12/h4-6,11H,3,7-10H2,1-2H3,(H2,15,16,17). The van der Waals surface area contributed by atoms with Crippen molar-refractivity contribution in [2.75, 3.05) is 38.2 Å². The molecular formula is C13H22N4OS. The molecule has 106 valence electrons. The van der Waals surface area contributed by atoms with Crippen LogP contribution >= 0.6 is 11.8 Å². The molecule has 0 aliphatic rings. The maximum atomic E-state index is 5.55. The minimum absolute atomic E-state index is 0.582. The summed E-state index contributed by atoms with van der Waals surface area (Å²) in [4.78, 5) is 8.45. The molecule has 0 aliphatic carbocycles. The van der Waals surface area contributed by atoms with Gasteiger partial charge < -0.3 is 15.4 Å². The van der Waals surface area contributed by atoms with E-state index in [1.807, 2.05) is 12.1 Å². The Balaban J connectivity index is 2.22. The zero-order valence-electron chi connectivity index (χ0n) is 11.6. The minimum atomic E-state index is 0.582. The molecule has 1 heterocycles. The molecule has 0 spiro atoms. The highest BCUT2D eigenvalue weighted by molar-refractivity contribution is 7.98. The molecule has 1 aromatic rings. The van der Waals surface area contributed by atoms with Crippen molar-refractivity contribution in [1.29, 1.82) is 0 Å². The Morgan fingerprint density at radius 3 is 3.05 bits per heavy atom. The third-order valence-electron chi connectivity index (χ3n) is 2.21. The lowest BCUT2D eigenvalue weighted by Crippen LogP contribution is -2.39. The number of nitrogens with zero attached hydrogens (tertiary/aromatic N) is 2. The summed E-state index contributed by atoms with van der Waals surface area (Å²) in [5.41, 5.74) is 0. The summed E-state index contributed by atoms with van der Waals surface area (Å²) in [7, 11) is 0. The summed E-state index contributed by atoms with van der Waals surface area (Å²) in [5, 5.41) is 6.44. The van der Waals surface area contributed by atoms with Gasteiger partial charge in [-0.25, -0.2) is 0 Å². The van der Waals surface area contributed by atoms with Gasteiger partial charge in [-0.3, -0.25) is 9.98 Å². The monoisotopic (exact) mass is 282 g/mol. The molecule has 0 amide bonds. The summed E-state index contributed by atoms with van der Waals surface area (Å²) < 4.78 is 5.55. The van der Waals surface area contributed by atoms with Gasteiger partial charge in [-0.15, -0.1) is 0 Å². The van der Waals surface area contributed by atoms with Crippen LogP contribution in [-0.2, 0) is 0 Å². The van der Waals surface area contributed by atoms with E-state index in [0.717, 1.165) is 30.6 Å². The van der Waals surface area contributed by atoms with Crippen LogP contribution in [0, 0.1) is 0 Å². The zero-order chi connectivity index (χ0) is 13.8. The van der Waals surface area contributed by atoms with Crippen LogP contribution in [0.3, 0.4) is 0 Å². The number of nitrogens with one attached hydrogen (secondary N) is 2. The minimum Gasteiger partial charge on any atom is -0.490 e. The van der Waals surface area contributed by atoms with Crippen molar-refractivity contribution in [3.8, 4) is 5.75 Å². The first kappa shape index (κ1) is 15.6. The third-order valence-corrected chi connectivity index (χ3v) is 2.80. The topological polar surface area (TPSA) is 58.5 Å². The van der Waals surface area contributed by atoms with Crippen molar-refractivity contribution in [1.82, 2.24) is 15.6 Å². The second-order valence-corrected chi connectivity index (χ2v) is 4.70. The lowest BCUT2D eigenvalue weighted by atomic mass is 10.5. The zero-order valence-corrected chi connectivity index (χ0v) is 12.4. The number of pyridine rings is 1. The number of rotatable bonds is 8. The highest BCUT2D eigenvalue weighted by Crippen LogP contribution is 2.04. The highest BCUT2D eigenvalue weighted by Gasteiger charge is 1.97. The molecule has 1 rings (SSSR count). The van der Waals surface area contributed by atoms with E-state index in [9.17, 15) is 0 Å². The number of aliphatic imine (C=N–C) groups is 1. The smallest absolute Gasteiger partial charge is 0.191 e. The molecule has 0 unspecified atom stereocenters. The number of thioether (sulfide) groups is 1. The van der Waals surface area contributed by atoms with Gasteiger partial charge in [0.25, 0.3) is 0 Å². The predicted octanol–water partition coefficient (Wildman–Crippen LogP) is 1.38. The van der Waals surface area contributed by atoms with Gasteiger partial charge >= 0.3 is 0 Å². The molecule has 0 saturated heterocycles. The van der Waals surface area contributed by atoms with E-state index < -0.39 is 0 Å². The molecule has 2 N–H and O–H groups in total. The molecule has 1 aromatic heterocycles. The highest BCUT2D eigenvalue weighted by atomic mass is 32.2. The van der Waals surface area contributed by atoms with E-state index in [1.165, 1.54) is 0 Å². The van der Waals surface area contributed by atoms with Crippen molar-refractivity contribution in [2.45, 2.75) is 6.92 Å². The average molecular weight is 282 g/mol. The summed E-state index contributed by atoms with van der Waals surface area (Å²) in [6.07, 6.45) is 5.52. The Kier molecular flexibility index (Phi) is 8.63. The van der Waals surface area contributed by atoms with E-state index in [1.54, 1.807) is 24.2 Å². The number of aromatic nitrogens is 1. The van der Waals surface area contributed by atoms with Crippen molar-refractivity contribution in [3.05, 3.63) is 24.5 Å². The summed E-state index contributed by atoms with van der Waals surface area (Å²) in [6.45, 7) is 5.02. The molecule has 0 aromatic carbocycles. The number of hydrogen-bond acceptors (Lipinski definition) is 4. The third kappa shape index (κ3) is 7.56. The van der Waals surface area contributed by atoms with Crippen molar-refractivity contribution in [2.24, 2.45) is 4.99 Å². The largest absolute Gasteiger partial charge is 0.490 e. The SMILES string of the molecule is CCNC(=NCCSC)NCCOc1cccnc1. The van der Waals surface area contributed by atoms with Gasteiger partial charge in [0.05, 0.1) is 19.3 Å². The van der Waals surface area contributed by atoms with Crippen molar-refractivity contribution in [3.63, 3.8) is 0 Å². The Labute approximate surface area is 119 Å². The normalized spacial score (nSPS) is 11.2. The fourth-order valence-electron chi connectivity index (χ4n) is 1.36. The number of hydrogen-bond donors (Lipinski definition) is 2. The van der Waals surface area contributed by atoms with Gasteiger partial charge in [0.15, 0.2) is 5.96 Å². The van der Waals surface area contributed by atoms with Gasteiger partial charge in [-0.05, 0) is 25.3 Å². The van der Waals surface area contributed by atoms with Crippen LogP contribution in [0.2, 0.25) is 0 Å². The Bertz CT molecular complexity index is 359. The first-order valence-electron chi connectivity index (χ1n) is 6.40. The molecule has 0 saturated carbocycles. The lowest BCUT2D eigenvalue weighted by molar-refractivity contribution is 0.320. The molecule has 19 heavy (non-hydrogen) atoms. The van der Waals surface area contributed by atoms with Crippen molar-refractivity contribution < 1.29 is 4.74 Å². The van der Waals surface area contributed by atoms with E-state index in [0.29, 0.717) is 13.2 Å². The predicted molar refractivity (Wildman–Crippen MR) is 82.1 cm³/mol. The average Bonchev–Trinajstić information content (AvgIpc) is 2.45. The molecule has 0 fully saturated rings. The van der Waals surface area contributed by atoms with Gasteiger partial charge in [-0.2, -0.15) is 11.8 Å². The molecule has 0 bridgehead atoms. The van der Waals surface area contributed by atoms with E-state index >= 15 is 0 Å². The van der Waals surface area contributed by atoms with Gasteiger partial charge in [0, 0.05) is 18.5 Å². The molecule has 0 atom stereocenters. The molecular weight excluding hydrogens is 260 g/mol. The Hall–Kier alpha value is -1.43. The maximum Gasteiger partial charge on any atom is 0.191 e. The second kappa shape index (κ2) is 10.5. The van der Waals surface area contributed by atoms with E-state index in [4.69, 9.17) is 4.74 Å². The van der Waals surface area contributed by atoms with Gasteiger partial charge in [0.1, 0.15) is 12.4 Å². The maximum absolute atomic E-state index is 5.55. The van der Waals surface area contributed by atoms with E-state index in [2.05, 4.69) is 33.8 Å². The summed E-state index contributed by atoms with van der Waals surface area (Å²) in [6, 6.07) is 3.75. The number of ether oxygens (including phenoxy) is 1. The molecule has 0 radical (unpaired) electrons. The fourth-order valence-corrected chi connectivity index (χ4v) is 1.64. The Morgan fingerprint density at radius 1 is 1.47 bits per heavy atom. The van der Waals surface area contributed by atoms with E-state index in [-0.39, 0.29) is 0 Å². The Morgan fingerprint density at radius 2 is 2.37 bits per heavy atom. The quantitative estimate of drug-likeness (QED) is 0.428. The van der Waals surface area contributed by atoms with Gasteiger partial charge in [-0.1, -0.05) is 0 Å². The first-order chi connectivity index (χ1) is 9.36. The van der Waals surface area contributed by atoms with Crippen LogP contribution in [0.5, 0.6) is 5.75 Å². The second-order valence-electron chi connectivity index (χ2n) is 3.72. The van der Waals surface area contributed by atoms with Gasteiger partial charge in [0.2, 0.25) is 0 Å². The molecule has 5 nitrogen and oxygen atoms in total. The van der Waals surface area contributed by atoms with Crippen LogP contribution in [0.4, 0.5) is 0 Å². The number of guanidine groups is 1. The molecule has 6 heteroatoms. The van der Waals surface area contributed by atoms with Crippen LogP contribution in [0.25, 0.3) is 0 Å². The summed E-state index contributed by atoms with van der Waals surface area (Å²) in [5.74, 6) is 2.66. The first-order valence-corrected chi connectivity index (χ1v) is 7.80. The fraction of sp³-hybridized carbons (Fsp3) is 0.538. The van der Waals surface area contributed by atoms with Crippen LogP contribution in [0.1, 0.15) is 6.92 Å². The summed E-state index contributed by atoms with van der Waals surface area (Å²) >= 11 is 1.79. The molecule has 0 aliphatic heterocycles.